The number of carbonyl (C=O) groups is 1. The Balaban J connectivity index is 1.41. The van der Waals surface area contributed by atoms with Crippen molar-refractivity contribution in [2.24, 2.45) is 4.99 Å². The maximum atomic E-state index is 12.5. The van der Waals surface area contributed by atoms with Gasteiger partial charge in [-0.15, -0.1) is 0 Å². The average Bonchev–Trinajstić information content (AvgIpc) is 2.79. The Hall–Kier alpha value is -2.62. The Morgan fingerprint density at radius 3 is 2.33 bits per heavy atom. The zero-order valence-corrected chi connectivity index (χ0v) is 19.7. The van der Waals surface area contributed by atoms with Crippen LogP contribution in [0.15, 0.2) is 29.3 Å². The van der Waals surface area contributed by atoms with E-state index >= 15 is 0 Å². The summed E-state index contributed by atoms with van der Waals surface area (Å²) in [5, 5.41) is 31.8. The highest BCUT2D eigenvalue weighted by atomic mass is 16.3. The highest BCUT2D eigenvalue weighted by molar-refractivity contribution is 6.39. The summed E-state index contributed by atoms with van der Waals surface area (Å²) in [5.41, 5.74) is 2.44. The molecule has 33 heavy (non-hydrogen) atoms. The molecule has 9 nitrogen and oxygen atoms in total. The van der Waals surface area contributed by atoms with Gasteiger partial charge < -0.3 is 20.7 Å². The molecule has 0 radical (unpaired) electrons. The molecule has 1 aromatic carbocycles. The second kappa shape index (κ2) is 12.0. The predicted molar refractivity (Wildman–Crippen MR) is 131 cm³/mol. The minimum Gasteiger partial charge on any atom is -0.379 e. The van der Waals surface area contributed by atoms with Crippen LogP contribution in [0, 0.1) is 17.7 Å². The van der Waals surface area contributed by atoms with E-state index in [4.69, 9.17) is 10.8 Å². The van der Waals surface area contributed by atoms with E-state index in [9.17, 15) is 9.90 Å². The van der Waals surface area contributed by atoms with Crippen molar-refractivity contribution < 1.29 is 9.90 Å². The lowest BCUT2D eigenvalue weighted by molar-refractivity contribution is -0.123. The number of aliphatic hydroxyl groups is 1. The summed E-state index contributed by atoms with van der Waals surface area (Å²) in [6.45, 7) is 6.76. The Morgan fingerprint density at radius 2 is 1.76 bits per heavy atom. The molecule has 1 saturated heterocycles. The van der Waals surface area contributed by atoms with Gasteiger partial charge in [0.05, 0.1) is 12.3 Å². The van der Waals surface area contributed by atoms with Crippen molar-refractivity contribution in [2.45, 2.75) is 57.8 Å². The lowest BCUT2D eigenvalue weighted by atomic mass is 9.91. The topological polar surface area (TPSA) is 128 Å². The fourth-order valence-corrected chi connectivity index (χ4v) is 4.43. The van der Waals surface area contributed by atoms with Crippen LogP contribution in [0.25, 0.3) is 0 Å². The maximum Gasteiger partial charge on any atom is 0.234 e. The van der Waals surface area contributed by atoms with E-state index in [-0.39, 0.29) is 17.9 Å². The highest BCUT2D eigenvalue weighted by Crippen LogP contribution is 2.19. The van der Waals surface area contributed by atoms with Gasteiger partial charge in [0.25, 0.3) is 0 Å². The van der Waals surface area contributed by atoms with Crippen molar-refractivity contribution in [1.82, 2.24) is 20.4 Å². The molecule has 0 aromatic heterocycles. The minimum atomic E-state index is -0.494. The number of hydrogen-bond acceptors (Lipinski definition) is 6. The van der Waals surface area contributed by atoms with Crippen LogP contribution in [-0.2, 0) is 4.79 Å². The summed E-state index contributed by atoms with van der Waals surface area (Å²) in [6.07, 6.45) is 4.46. The van der Waals surface area contributed by atoms with Gasteiger partial charge in [0.15, 0.2) is 0 Å². The second-order valence-corrected chi connectivity index (χ2v) is 9.05. The van der Waals surface area contributed by atoms with E-state index in [1.165, 1.54) is 6.21 Å². The monoisotopic (exact) mass is 455 g/mol. The van der Waals surface area contributed by atoms with Crippen molar-refractivity contribution >= 4 is 23.8 Å². The van der Waals surface area contributed by atoms with Gasteiger partial charge in [0, 0.05) is 50.0 Å². The van der Waals surface area contributed by atoms with Gasteiger partial charge in [-0.1, -0.05) is 29.8 Å². The van der Waals surface area contributed by atoms with Crippen molar-refractivity contribution in [3.05, 3.63) is 35.4 Å². The molecule has 1 saturated carbocycles. The number of aliphatic imine (C=N–C) groups is 1. The number of guanidine groups is 1. The number of hydrogen-bond donors (Lipinski definition) is 5. The lowest BCUT2D eigenvalue weighted by Crippen LogP contribution is -2.52. The van der Waals surface area contributed by atoms with Gasteiger partial charge in [0.2, 0.25) is 11.9 Å². The first-order valence-electron chi connectivity index (χ1n) is 11.8. The quantitative estimate of drug-likeness (QED) is 0.241. The molecule has 180 valence electrons. The van der Waals surface area contributed by atoms with E-state index < -0.39 is 6.23 Å². The number of aliphatic hydroxyl groups excluding tert-OH is 1. The molecule has 2 aliphatic rings. The largest absolute Gasteiger partial charge is 0.379 e. The van der Waals surface area contributed by atoms with Gasteiger partial charge in [-0.3, -0.25) is 20.4 Å². The summed E-state index contributed by atoms with van der Waals surface area (Å²) < 4.78 is 0. The molecule has 1 aliphatic carbocycles. The number of aryl methyl sites for hydroxylation is 1. The number of amides is 1. The van der Waals surface area contributed by atoms with Gasteiger partial charge in [0.1, 0.15) is 6.23 Å². The van der Waals surface area contributed by atoms with E-state index in [2.05, 4.69) is 20.5 Å². The number of carbonyl (C=O) groups excluding carboxylic acids is 1. The molecule has 2 fully saturated rings. The van der Waals surface area contributed by atoms with Crippen molar-refractivity contribution in [2.75, 3.05) is 32.7 Å². The normalized spacial score (nSPS) is 23.1. The Morgan fingerprint density at radius 1 is 1.15 bits per heavy atom. The molecule has 1 aliphatic heterocycles. The summed E-state index contributed by atoms with van der Waals surface area (Å²) in [6, 6.07) is 8.30. The molecule has 9 heteroatoms. The second-order valence-electron chi connectivity index (χ2n) is 9.05. The van der Waals surface area contributed by atoms with E-state index in [1.54, 1.807) is 6.92 Å². The molecule has 1 unspecified atom stereocenters. The summed E-state index contributed by atoms with van der Waals surface area (Å²) in [7, 11) is 0. The van der Waals surface area contributed by atoms with E-state index in [1.807, 2.05) is 36.1 Å². The molecule has 1 amide bonds. The fourth-order valence-electron chi connectivity index (χ4n) is 4.43. The maximum absolute atomic E-state index is 12.5. The van der Waals surface area contributed by atoms with Gasteiger partial charge >= 0.3 is 0 Å². The molecule has 1 aromatic rings. The fraction of sp³-hybridized carbons (Fsp3) is 0.583. The number of piperazine rings is 1. The van der Waals surface area contributed by atoms with Gasteiger partial charge in [-0.05, 0) is 39.5 Å². The van der Waals surface area contributed by atoms with Crippen LogP contribution < -0.4 is 10.6 Å². The van der Waals surface area contributed by atoms with Crippen LogP contribution in [0.5, 0.6) is 0 Å². The predicted octanol–water partition coefficient (Wildman–Crippen LogP) is 1.34. The molecular formula is C24H37N7O2. The molecule has 1 heterocycles. The van der Waals surface area contributed by atoms with Crippen molar-refractivity contribution in [1.29, 1.82) is 10.8 Å². The lowest BCUT2D eigenvalue weighted by Gasteiger charge is -2.35. The Bertz CT molecular complexity index is 837. The van der Waals surface area contributed by atoms with Crippen LogP contribution in [0.3, 0.4) is 0 Å². The average molecular weight is 456 g/mol. The van der Waals surface area contributed by atoms with Crippen molar-refractivity contribution in [3.63, 3.8) is 0 Å². The number of rotatable bonds is 7. The highest BCUT2D eigenvalue weighted by Gasteiger charge is 2.25. The standard InChI is InChI=1S/C24H37N7O2/c1-17-3-5-19(6-4-17)22(15-25)29-24(26)31-13-11-30(12-14-31)16-23(33)28-21-9-7-20(8-10-21)27-18(2)32/h3-6,15,18,20-21,25-27,32H,7-14,16H2,1-2H3,(H,28,33). The molecule has 1 atom stereocenters. The molecule has 0 bridgehead atoms. The van der Waals surface area contributed by atoms with E-state index in [0.717, 1.165) is 36.8 Å². The van der Waals surface area contributed by atoms with Gasteiger partial charge in [-0.2, -0.15) is 0 Å². The van der Waals surface area contributed by atoms with Crippen LogP contribution >= 0.6 is 0 Å². The minimum absolute atomic E-state index is 0.0500. The van der Waals surface area contributed by atoms with Crippen LogP contribution in [0.4, 0.5) is 0 Å². The summed E-state index contributed by atoms with van der Waals surface area (Å²) in [5.74, 6) is 0.203. The zero-order chi connectivity index (χ0) is 23.8. The van der Waals surface area contributed by atoms with Crippen molar-refractivity contribution in [3.8, 4) is 0 Å². The molecule has 3 rings (SSSR count). The third-order valence-electron chi connectivity index (χ3n) is 6.32. The Labute approximate surface area is 196 Å². The van der Waals surface area contributed by atoms with Gasteiger partial charge in [-0.25, -0.2) is 4.99 Å². The number of benzene rings is 1. The first kappa shape index (κ1) is 25.0. The van der Waals surface area contributed by atoms with Crippen LogP contribution in [0.2, 0.25) is 0 Å². The SMILES string of the molecule is Cc1ccc(C(C=N)=NC(=N)N2CCN(CC(=O)NC3CCC(NC(C)O)CC3)CC2)cc1. The summed E-state index contributed by atoms with van der Waals surface area (Å²) >= 11 is 0. The smallest absolute Gasteiger partial charge is 0.234 e. The number of nitrogens with zero attached hydrogens (tertiary/aromatic N) is 3. The number of nitrogens with one attached hydrogen (secondary N) is 4. The van der Waals surface area contributed by atoms with Crippen LogP contribution in [0.1, 0.15) is 43.7 Å². The molecular weight excluding hydrogens is 418 g/mol. The van der Waals surface area contributed by atoms with Crippen LogP contribution in [-0.4, -0.2) is 89.7 Å². The summed E-state index contributed by atoms with van der Waals surface area (Å²) in [4.78, 5) is 20.9. The first-order chi connectivity index (χ1) is 15.8. The molecule has 5 N–H and O–H groups in total. The third-order valence-corrected chi connectivity index (χ3v) is 6.32. The van der Waals surface area contributed by atoms with E-state index in [0.29, 0.717) is 44.5 Å². The first-order valence-corrected chi connectivity index (χ1v) is 11.8. The molecule has 0 spiro atoms. The Kier molecular flexibility index (Phi) is 9.11. The third kappa shape index (κ3) is 7.73. The zero-order valence-electron chi connectivity index (χ0n) is 19.7.